The maximum Gasteiger partial charge on any atom is 0.304 e. The summed E-state index contributed by atoms with van der Waals surface area (Å²) in [4.78, 5) is 10.4. The molecular formula is C16H38Cl3N3O2. The summed E-state index contributed by atoms with van der Waals surface area (Å²) >= 11 is 0. The zero-order valence-corrected chi connectivity index (χ0v) is 17.2. The van der Waals surface area contributed by atoms with Crippen molar-refractivity contribution in [3.8, 4) is 0 Å². The average Bonchev–Trinajstić information content (AvgIpc) is 2.43. The lowest BCUT2D eigenvalue weighted by molar-refractivity contribution is -0.137. The van der Waals surface area contributed by atoms with Gasteiger partial charge in [-0.15, -0.1) is 37.2 Å². The number of carbonyl (C=O) groups is 1. The van der Waals surface area contributed by atoms with Gasteiger partial charge in [-0.2, -0.15) is 0 Å². The number of rotatable bonds is 16. The van der Waals surface area contributed by atoms with E-state index >= 15 is 0 Å². The largest absolute Gasteiger partial charge is 0.481 e. The molecule has 1 unspecified atom stereocenters. The van der Waals surface area contributed by atoms with Crippen LogP contribution in [0.4, 0.5) is 0 Å². The molecule has 8 heteroatoms. The second-order valence-corrected chi connectivity index (χ2v) is 5.87. The molecule has 0 fully saturated rings. The van der Waals surface area contributed by atoms with Gasteiger partial charge in [0.15, 0.2) is 0 Å². The minimum Gasteiger partial charge on any atom is -0.481 e. The molecule has 150 valence electrons. The average molecular weight is 411 g/mol. The molecule has 0 saturated heterocycles. The quantitative estimate of drug-likeness (QED) is 0.292. The van der Waals surface area contributed by atoms with Crippen LogP contribution in [0, 0.1) is 0 Å². The molecule has 1 atom stereocenters. The first-order valence-corrected chi connectivity index (χ1v) is 8.55. The molecule has 0 saturated carbocycles. The fourth-order valence-corrected chi connectivity index (χ4v) is 2.40. The number of nitrogens with two attached hydrogens (primary N) is 2. The number of hydrogen-bond donors (Lipinski definition) is 4. The van der Waals surface area contributed by atoms with Gasteiger partial charge in [0, 0.05) is 6.04 Å². The van der Waals surface area contributed by atoms with Crippen molar-refractivity contribution in [2.75, 3.05) is 19.6 Å². The van der Waals surface area contributed by atoms with E-state index in [4.69, 9.17) is 16.6 Å². The fourth-order valence-electron chi connectivity index (χ4n) is 2.40. The molecule has 0 radical (unpaired) electrons. The molecule has 0 heterocycles. The Bertz CT molecular complexity index is 251. The summed E-state index contributed by atoms with van der Waals surface area (Å²) in [6, 6.07) is -0.205. The first-order chi connectivity index (χ1) is 10.2. The number of halogens is 3. The van der Waals surface area contributed by atoms with Crippen LogP contribution in [0.5, 0.6) is 0 Å². The highest BCUT2D eigenvalue weighted by atomic mass is 35.5. The molecule has 0 aliphatic rings. The van der Waals surface area contributed by atoms with Gasteiger partial charge in [0.25, 0.3) is 0 Å². The fraction of sp³-hybridized carbons (Fsp3) is 0.938. The molecule has 0 bridgehead atoms. The van der Waals surface area contributed by atoms with Gasteiger partial charge in [0.1, 0.15) is 0 Å². The van der Waals surface area contributed by atoms with Crippen LogP contribution < -0.4 is 16.8 Å². The van der Waals surface area contributed by atoms with Crippen LogP contribution >= 0.6 is 37.2 Å². The van der Waals surface area contributed by atoms with E-state index in [0.717, 1.165) is 32.5 Å². The van der Waals surface area contributed by atoms with Crippen LogP contribution in [0.2, 0.25) is 0 Å². The molecule has 6 N–H and O–H groups in total. The number of hydrogen-bond acceptors (Lipinski definition) is 4. The predicted octanol–water partition coefficient (Wildman–Crippen LogP) is 3.50. The highest BCUT2D eigenvalue weighted by molar-refractivity contribution is 5.86. The topological polar surface area (TPSA) is 101 Å². The van der Waals surface area contributed by atoms with Gasteiger partial charge >= 0.3 is 5.97 Å². The summed E-state index contributed by atoms with van der Waals surface area (Å²) < 4.78 is 0. The first kappa shape index (κ1) is 31.9. The maximum atomic E-state index is 10.4. The Kier molecular flexibility index (Phi) is 33.9. The van der Waals surface area contributed by atoms with Crippen LogP contribution in [-0.2, 0) is 4.79 Å². The summed E-state index contributed by atoms with van der Waals surface area (Å²) in [6.45, 7) is 2.82. The van der Waals surface area contributed by atoms with Crippen LogP contribution in [-0.4, -0.2) is 36.8 Å². The predicted molar refractivity (Wildman–Crippen MR) is 110 cm³/mol. The van der Waals surface area contributed by atoms with Crippen LogP contribution in [0.15, 0.2) is 0 Å². The van der Waals surface area contributed by atoms with Crippen molar-refractivity contribution in [3.63, 3.8) is 0 Å². The summed E-state index contributed by atoms with van der Waals surface area (Å²) in [5.74, 6) is -0.807. The van der Waals surface area contributed by atoms with Gasteiger partial charge in [0.05, 0.1) is 6.42 Å². The number of carboxylic acid groups (broad SMARTS) is 1. The van der Waals surface area contributed by atoms with Gasteiger partial charge < -0.3 is 21.9 Å². The summed E-state index contributed by atoms with van der Waals surface area (Å²) in [6.07, 6.45) is 12.1. The molecule has 0 aliphatic heterocycles. The van der Waals surface area contributed by atoms with Gasteiger partial charge in [-0.1, -0.05) is 38.5 Å². The normalized spacial score (nSPS) is 10.9. The maximum absolute atomic E-state index is 10.4. The van der Waals surface area contributed by atoms with Crippen LogP contribution in [0.1, 0.15) is 70.6 Å². The lowest BCUT2D eigenvalue weighted by atomic mass is 10.1. The van der Waals surface area contributed by atoms with Gasteiger partial charge in [-0.05, 0) is 45.3 Å². The van der Waals surface area contributed by atoms with Crippen molar-refractivity contribution in [1.29, 1.82) is 0 Å². The molecule has 0 aromatic heterocycles. The zero-order valence-electron chi connectivity index (χ0n) is 14.7. The molecule has 0 aromatic carbocycles. The lowest BCUT2D eigenvalue weighted by Gasteiger charge is -2.09. The van der Waals surface area contributed by atoms with Crippen molar-refractivity contribution in [2.45, 2.75) is 76.7 Å². The summed E-state index contributed by atoms with van der Waals surface area (Å²) in [5, 5.41) is 12.0. The Labute approximate surface area is 166 Å². The second kappa shape index (κ2) is 25.5. The monoisotopic (exact) mass is 409 g/mol. The van der Waals surface area contributed by atoms with E-state index in [-0.39, 0.29) is 49.7 Å². The second-order valence-electron chi connectivity index (χ2n) is 5.87. The first-order valence-electron chi connectivity index (χ1n) is 8.55. The number of aliphatic carboxylic acids is 1. The third-order valence-electron chi connectivity index (χ3n) is 3.67. The third kappa shape index (κ3) is 27.1. The molecule has 0 aliphatic carbocycles. The number of unbranched alkanes of at least 4 members (excludes halogenated alkanes) is 7. The molecule has 5 nitrogen and oxygen atoms in total. The SMILES string of the molecule is Cl.Cl.Cl.NCCCCCCCCCCNCCCC(N)CC(=O)O. The van der Waals surface area contributed by atoms with Crippen molar-refractivity contribution in [2.24, 2.45) is 11.5 Å². The Morgan fingerprint density at radius 2 is 1.29 bits per heavy atom. The van der Waals surface area contributed by atoms with E-state index in [1.807, 2.05) is 0 Å². The zero-order chi connectivity index (χ0) is 15.8. The van der Waals surface area contributed by atoms with Crippen LogP contribution in [0.3, 0.4) is 0 Å². The Balaban J connectivity index is -0.000000667. The summed E-state index contributed by atoms with van der Waals surface area (Å²) in [7, 11) is 0. The van der Waals surface area contributed by atoms with Gasteiger partial charge in [-0.25, -0.2) is 0 Å². The highest BCUT2D eigenvalue weighted by Crippen LogP contribution is 2.07. The minimum absolute atomic E-state index is 0. The van der Waals surface area contributed by atoms with Crippen molar-refractivity contribution >= 4 is 43.2 Å². The molecular weight excluding hydrogens is 373 g/mol. The van der Waals surface area contributed by atoms with E-state index < -0.39 is 5.97 Å². The highest BCUT2D eigenvalue weighted by Gasteiger charge is 2.06. The van der Waals surface area contributed by atoms with Crippen LogP contribution in [0.25, 0.3) is 0 Å². The van der Waals surface area contributed by atoms with Gasteiger partial charge in [0.2, 0.25) is 0 Å². The molecule has 0 spiro atoms. The number of nitrogens with one attached hydrogen (secondary N) is 1. The van der Waals surface area contributed by atoms with Crippen molar-refractivity contribution in [3.05, 3.63) is 0 Å². The third-order valence-corrected chi connectivity index (χ3v) is 3.67. The summed E-state index contributed by atoms with van der Waals surface area (Å²) in [5.41, 5.74) is 11.2. The molecule has 0 aromatic rings. The van der Waals surface area contributed by atoms with E-state index in [1.54, 1.807) is 0 Å². The van der Waals surface area contributed by atoms with Gasteiger partial charge in [-0.3, -0.25) is 4.79 Å². The molecule has 0 amide bonds. The smallest absolute Gasteiger partial charge is 0.304 e. The molecule has 24 heavy (non-hydrogen) atoms. The van der Waals surface area contributed by atoms with E-state index in [1.165, 1.54) is 51.4 Å². The van der Waals surface area contributed by atoms with E-state index in [2.05, 4.69) is 5.32 Å². The Hall–Kier alpha value is 0.220. The lowest BCUT2D eigenvalue weighted by Crippen LogP contribution is -2.25. The number of carboxylic acids is 1. The van der Waals surface area contributed by atoms with Crippen molar-refractivity contribution in [1.82, 2.24) is 5.32 Å². The van der Waals surface area contributed by atoms with E-state index in [9.17, 15) is 4.79 Å². The Morgan fingerprint density at radius 3 is 1.79 bits per heavy atom. The molecule has 0 rings (SSSR count). The van der Waals surface area contributed by atoms with Crippen molar-refractivity contribution < 1.29 is 9.90 Å². The standard InChI is InChI=1S/C16H35N3O2.3ClH/c17-11-7-5-3-1-2-4-6-8-12-19-13-9-10-15(18)14-16(20)21;;;/h15,19H,1-14,17-18H2,(H,20,21);3*1H. The Morgan fingerprint density at radius 1 is 0.833 bits per heavy atom. The minimum atomic E-state index is -0.807. The van der Waals surface area contributed by atoms with E-state index in [0.29, 0.717) is 0 Å².